The van der Waals surface area contributed by atoms with Gasteiger partial charge in [0.05, 0.1) is 0 Å². The number of rotatable bonds is 2. The standard InChI is InChI=1S/C8H16N2O2.ClH/c9-4-1-7-2-5-10(6-3-7)8(11)12;/h7H,1-6,9H2,(H,11,12);1H. The van der Waals surface area contributed by atoms with Crippen molar-refractivity contribution < 1.29 is 9.90 Å². The molecule has 0 unspecified atom stereocenters. The minimum absolute atomic E-state index is 0. The Balaban J connectivity index is 0.00000144. The molecule has 1 heterocycles. The van der Waals surface area contributed by atoms with Crippen molar-refractivity contribution in [2.45, 2.75) is 19.3 Å². The maximum atomic E-state index is 10.5. The van der Waals surface area contributed by atoms with Gasteiger partial charge in [0.25, 0.3) is 0 Å². The predicted octanol–water partition coefficient (Wildman–Crippen LogP) is 1.15. The number of likely N-dealkylation sites (tertiary alicyclic amines) is 1. The molecular weight excluding hydrogens is 192 g/mol. The van der Waals surface area contributed by atoms with E-state index in [9.17, 15) is 4.79 Å². The van der Waals surface area contributed by atoms with Crippen LogP contribution in [0.2, 0.25) is 0 Å². The minimum atomic E-state index is -0.791. The van der Waals surface area contributed by atoms with Crippen molar-refractivity contribution in [3.05, 3.63) is 0 Å². The lowest BCUT2D eigenvalue weighted by Crippen LogP contribution is -2.37. The molecule has 0 radical (unpaired) electrons. The second kappa shape index (κ2) is 6.05. The SMILES string of the molecule is Cl.NCCC1CCN(C(=O)O)CC1. The Kier molecular flexibility index (Phi) is 5.82. The molecule has 0 aromatic carbocycles. The van der Waals surface area contributed by atoms with Crippen LogP contribution in [0.1, 0.15) is 19.3 Å². The lowest BCUT2D eigenvalue weighted by atomic mass is 9.94. The third-order valence-corrected chi connectivity index (χ3v) is 2.46. The predicted molar refractivity (Wildman–Crippen MR) is 53.2 cm³/mol. The molecule has 0 atom stereocenters. The average Bonchev–Trinajstić information content (AvgIpc) is 2.06. The van der Waals surface area contributed by atoms with Gasteiger partial charge in [-0.1, -0.05) is 0 Å². The van der Waals surface area contributed by atoms with Crippen LogP contribution >= 0.6 is 12.4 Å². The second-order valence-electron chi connectivity index (χ2n) is 3.29. The van der Waals surface area contributed by atoms with Gasteiger partial charge in [-0.15, -0.1) is 12.4 Å². The second-order valence-corrected chi connectivity index (χ2v) is 3.29. The Morgan fingerprint density at radius 1 is 1.46 bits per heavy atom. The monoisotopic (exact) mass is 208 g/mol. The lowest BCUT2D eigenvalue weighted by molar-refractivity contribution is 0.123. The maximum Gasteiger partial charge on any atom is 0.407 e. The van der Waals surface area contributed by atoms with E-state index in [0.717, 1.165) is 25.8 Å². The Morgan fingerprint density at radius 3 is 2.38 bits per heavy atom. The van der Waals surface area contributed by atoms with Gasteiger partial charge in [0.2, 0.25) is 0 Å². The van der Waals surface area contributed by atoms with Gasteiger partial charge in [0.15, 0.2) is 0 Å². The van der Waals surface area contributed by atoms with Crippen LogP contribution in [0.25, 0.3) is 0 Å². The third kappa shape index (κ3) is 3.83. The van der Waals surface area contributed by atoms with Gasteiger partial charge >= 0.3 is 6.09 Å². The van der Waals surface area contributed by atoms with Crippen molar-refractivity contribution in [2.75, 3.05) is 19.6 Å². The van der Waals surface area contributed by atoms with Gasteiger partial charge in [0, 0.05) is 13.1 Å². The number of halogens is 1. The number of carbonyl (C=O) groups is 1. The first kappa shape index (κ1) is 12.5. The molecule has 1 amide bonds. The molecule has 78 valence electrons. The summed E-state index contributed by atoms with van der Waals surface area (Å²) >= 11 is 0. The number of nitrogens with two attached hydrogens (primary N) is 1. The van der Waals surface area contributed by atoms with E-state index in [1.54, 1.807) is 0 Å². The summed E-state index contributed by atoms with van der Waals surface area (Å²) in [5.41, 5.74) is 5.42. The van der Waals surface area contributed by atoms with Crippen LogP contribution < -0.4 is 5.73 Å². The summed E-state index contributed by atoms with van der Waals surface area (Å²) in [4.78, 5) is 12.0. The van der Waals surface area contributed by atoms with E-state index in [1.807, 2.05) is 0 Å². The van der Waals surface area contributed by atoms with Crippen LogP contribution in [0.4, 0.5) is 4.79 Å². The van der Waals surface area contributed by atoms with Gasteiger partial charge in [-0.2, -0.15) is 0 Å². The highest BCUT2D eigenvalue weighted by molar-refractivity contribution is 5.85. The fourth-order valence-corrected chi connectivity index (χ4v) is 1.65. The lowest BCUT2D eigenvalue weighted by Gasteiger charge is -2.29. The molecule has 5 heteroatoms. The summed E-state index contributed by atoms with van der Waals surface area (Å²) in [5.74, 6) is 0.644. The summed E-state index contributed by atoms with van der Waals surface area (Å²) in [5, 5.41) is 8.66. The fourth-order valence-electron chi connectivity index (χ4n) is 1.65. The van der Waals surface area contributed by atoms with Crippen molar-refractivity contribution in [3.63, 3.8) is 0 Å². The van der Waals surface area contributed by atoms with Crippen LogP contribution in [0, 0.1) is 5.92 Å². The smallest absolute Gasteiger partial charge is 0.407 e. The Hall–Kier alpha value is -0.480. The van der Waals surface area contributed by atoms with Crippen molar-refractivity contribution >= 4 is 18.5 Å². The highest BCUT2D eigenvalue weighted by Crippen LogP contribution is 2.19. The van der Waals surface area contributed by atoms with Crippen molar-refractivity contribution in [1.82, 2.24) is 4.90 Å². The molecule has 1 aliphatic heterocycles. The molecule has 0 aliphatic carbocycles. The molecule has 0 bridgehead atoms. The van der Waals surface area contributed by atoms with Crippen LogP contribution in [-0.4, -0.2) is 35.7 Å². The van der Waals surface area contributed by atoms with Gasteiger partial charge in [-0.3, -0.25) is 0 Å². The zero-order valence-electron chi connectivity index (χ0n) is 7.61. The number of hydrogen-bond acceptors (Lipinski definition) is 2. The zero-order valence-corrected chi connectivity index (χ0v) is 8.42. The molecular formula is C8H17ClN2O2. The normalized spacial score (nSPS) is 18.1. The number of carboxylic acid groups (broad SMARTS) is 1. The van der Waals surface area contributed by atoms with Crippen molar-refractivity contribution in [2.24, 2.45) is 11.7 Å². The molecule has 4 nitrogen and oxygen atoms in total. The number of hydrogen-bond donors (Lipinski definition) is 2. The van der Waals surface area contributed by atoms with E-state index in [2.05, 4.69) is 0 Å². The summed E-state index contributed by atoms with van der Waals surface area (Å²) in [6.45, 7) is 2.08. The summed E-state index contributed by atoms with van der Waals surface area (Å²) in [6.07, 6.45) is 2.20. The van der Waals surface area contributed by atoms with Gasteiger partial charge < -0.3 is 15.7 Å². The first-order valence-corrected chi connectivity index (χ1v) is 4.42. The van der Waals surface area contributed by atoms with Gasteiger partial charge in [-0.05, 0) is 31.7 Å². The van der Waals surface area contributed by atoms with E-state index >= 15 is 0 Å². The van der Waals surface area contributed by atoms with Crippen molar-refractivity contribution in [3.8, 4) is 0 Å². The molecule has 1 rings (SSSR count). The molecule has 0 saturated carbocycles. The first-order valence-electron chi connectivity index (χ1n) is 4.42. The van der Waals surface area contributed by atoms with E-state index in [4.69, 9.17) is 10.8 Å². The largest absolute Gasteiger partial charge is 0.465 e. The summed E-state index contributed by atoms with van der Waals surface area (Å²) in [7, 11) is 0. The molecule has 13 heavy (non-hydrogen) atoms. The summed E-state index contributed by atoms with van der Waals surface area (Å²) in [6, 6.07) is 0. The maximum absolute atomic E-state index is 10.5. The van der Waals surface area contributed by atoms with E-state index in [1.165, 1.54) is 4.90 Å². The van der Waals surface area contributed by atoms with Crippen LogP contribution in [0.3, 0.4) is 0 Å². The molecule has 1 aliphatic rings. The Labute approximate surface area is 84.5 Å². The van der Waals surface area contributed by atoms with Gasteiger partial charge in [-0.25, -0.2) is 4.79 Å². The molecule has 1 saturated heterocycles. The molecule has 0 aromatic rings. The quantitative estimate of drug-likeness (QED) is 0.716. The van der Waals surface area contributed by atoms with Crippen LogP contribution in [0.5, 0.6) is 0 Å². The van der Waals surface area contributed by atoms with E-state index in [0.29, 0.717) is 19.0 Å². The Morgan fingerprint density at radius 2 is 2.00 bits per heavy atom. The third-order valence-electron chi connectivity index (χ3n) is 2.46. The topological polar surface area (TPSA) is 66.6 Å². The van der Waals surface area contributed by atoms with Crippen LogP contribution in [0.15, 0.2) is 0 Å². The van der Waals surface area contributed by atoms with E-state index in [-0.39, 0.29) is 12.4 Å². The molecule has 3 N–H and O–H groups in total. The number of amides is 1. The number of piperidine rings is 1. The number of nitrogens with zero attached hydrogens (tertiary/aromatic N) is 1. The van der Waals surface area contributed by atoms with Gasteiger partial charge in [0.1, 0.15) is 0 Å². The Bertz CT molecular complexity index is 158. The minimum Gasteiger partial charge on any atom is -0.465 e. The molecule has 1 fully saturated rings. The highest BCUT2D eigenvalue weighted by atomic mass is 35.5. The highest BCUT2D eigenvalue weighted by Gasteiger charge is 2.21. The van der Waals surface area contributed by atoms with Crippen molar-refractivity contribution in [1.29, 1.82) is 0 Å². The molecule has 0 spiro atoms. The fraction of sp³-hybridized carbons (Fsp3) is 0.875. The van der Waals surface area contributed by atoms with E-state index < -0.39 is 6.09 Å². The molecule has 0 aromatic heterocycles. The van der Waals surface area contributed by atoms with Crippen LogP contribution in [-0.2, 0) is 0 Å². The first-order chi connectivity index (χ1) is 5.74. The average molecular weight is 209 g/mol. The summed E-state index contributed by atoms with van der Waals surface area (Å²) < 4.78 is 0. The zero-order chi connectivity index (χ0) is 8.97.